The fourth-order valence-electron chi connectivity index (χ4n) is 9.46. The van der Waals surface area contributed by atoms with Crippen LogP contribution in [0.4, 0.5) is 0 Å². The zero-order chi connectivity index (χ0) is 61.6. The molecule has 14 rings (SSSR count). The molecule has 0 fully saturated rings. The van der Waals surface area contributed by atoms with Crippen molar-refractivity contribution in [2.75, 3.05) is 0 Å². The Morgan fingerprint density at radius 3 is 1.11 bits per heavy atom. The lowest BCUT2D eigenvalue weighted by Crippen LogP contribution is -2.04. The number of benzene rings is 6. The van der Waals surface area contributed by atoms with Gasteiger partial charge < -0.3 is 50.6 Å². The number of aromatic hydroxyl groups is 4. The standard InChI is InChI=1S/C16H11N5O2.C16H11NO4.C15H10N6O2.C15H10N2O4.CH4/c22-14-8-10-6-5-9(7-13(10)17-16(14)23)11-3-1-2-4-12(11)15-18-20-21-19-15;18-14-8-10-6-5-9(7-13(10)17-15(14)19)11-3-1-2-4-12(11)16(20)21;22-13-6-9-2-1-8(5-12(9)17-15(13)23)11-7-16-4-3-10(11)14-18-20-21-19-14;18-13-6-9-2-1-8(5-12(9)17-14(13)19)11-7-16-4-3-10(11)15(20)21;/h1-8,22H,(H,17,23)(H,18,19,20,21);1-8,18H,(H,17,19)(H,20,21);1-7,22H,(H,17,23)(H,18,19,20,21);1-7,18H,(H,17,19)(H,20,21);1H4. The molecule has 0 saturated heterocycles. The van der Waals surface area contributed by atoms with Crippen LogP contribution in [0, 0.1) is 0 Å². The van der Waals surface area contributed by atoms with Crippen molar-refractivity contribution in [1.82, 2.24) is 71.2 Å². The number of nitrogens with one attached hydrogen (secondary N) is 6. The van der Waals surface area contributed by atoms with E-state index >= 15 is 0 Å². The van der Waals surface area contributed by atoms with Gasteiger partial charge in [-0.15, -0.1) is 20.4 Å². The van der Waals surface area contributed by atoms with E-state index in [9.17, 15) is 59.4 Å². The third-order valence-corrected chi connectivity index (χ3v) is 13.7. The van der Waals surface area contributed by atoms with Gasteiger partial charge in [-0.2, -0.15) is 10.4 Å². The first-order chi connectivity index (χ1) is 42.6. The van der Waals surface area contributed by atoms with Gasteiger partial charge in [0.1, 0.15) is 0 Å². The van der Waals surface area contributed by atoms with Gasteiger partial charge in [0.2, 0.25) is 11.6 Å². The molecule has 14 aromatic rings. The minimum atomic E-state index is -1.05. The maximum absolute atomic E-state index is 11.6. The molecule has 0 unspecified atom stereocenters. The molecule has 0 saturated carbocycles. The number of aromatic carboxylic acids is 2. The predicted molar refractivity (Wildman–Crippen MR) is 329 cm³/mol. The van der Waals surface area contributed by atoms with Crippen molar-refractivity contribution in [3.63, 3.8) is 0 Å². The molecule has 0 radical (unpaired) electrons. The maximum atomic E-state index is 11.6. The van der Waals surface area contributed by atoms with E-state index in [1.54, 1.807) is 73.1 Å². The minimum absolute atomic E-state index is 0. The Morgan fingerprint density at radius 2 is 0.697 bits per heavy atom. The van der Waals surface area contributed by atoms with Gasteiger partial charge in [0.25, 0.3) is 22.2 Å². The Labute approximate surface area is 497 Å². The number of pyridine rings is 6. The summed E-state index contributed by atoms with van der Waals surface area (Å²) in [7, 11) is 0. The average Bonchev–Trinajstić information content (AvgIpc) is 1.84. The predicted octanol–water partition coefficient (Wildman–Crippen LogP) is 8.79. The summed E-state index contributed by atoms with van der Waals surface area (Å²) in [6.07, 6.45) is 6.22. The highest BCUT2D eigenvalue weighted by Gasteiger charge is 2.17. The number of aromatic nitrogens is 14. The fourth-order valence-corrected chi connectivity index (χ4v) is 9.46. The highest BCUT2D eigenvalue weighted by molar-refractivity contribution is 5.99. The van der Waals surface area contributed by atoms with E-state index in [1.165, 1.54) is 48.8 Å². The Balaban J connectivity index is 0.000000130. The Kier molecular flexibility index (Phi) is 16.7. The summed E-state index contributed by atoms with van der Waals surface area (Å²) in [5, 5.41) is 87.1. The molecule has 0 spiro atoms. The van der Waals surface area contributed by atoms with Crippen molar-refractivity contribution in [1.29, 1.82) is 0 Å². The number of H-pyrrole nitrogens is 6. The van der Waals surface area contributed by atoms with Crippen molar-refractivity contribution in [3.8, 4) is 90.3 Å². The molecule has 89 heavy (non-hydrogen) atoms. The second-order valence-electron chi connectivity index (χ2n) is 19.2. The largest absolute Gasteiger partial charge is 0.503 e. The number of tetrazole rings is 2. The van der Waals surface area contributed by atoms with Crippen LogP contribution in [0.15, 0.2) is 202 Å². The molecule has 440 valence electrons. The highest BCUT2D eigenvalue weighted by Crippen LogP contribution is 2.34. The molecular weight excluding hydrogens is 1140 g/mol. The Bertz CT molecular complexity index is 4920. The fraction of sp³-hybridized carbons (Fsp3) is 0.0159. The molecule has 0 aliphatic rings. The molecular formula is C63H46N14O12. The third kappa shape index (κ3) is 12.7. The molecule has 26 heteroatoms. The highest BCUT2D eigenvalue weighted by atomic mass is 16.4. The van der Waals surface area contributed by atoms with Crippen LogP contribution in [0.3, 0.4) is 0 Å². The van der Waals surface area contributed by atoms with Gasteiger partial charge >= 0.3 is 11.9 Å². The van der Waals surface area contributed by atoms with E-state index < -0.39 is 34.2 Å². The van der Waals surface area contributed by atoms with Crippen LogP contribution in [0.2, 0.25) is 0 Å². The van der Waals surface area contributed by atoms with Crippen LogP contribution in [0.25, 0.3) is 111 Å². The molecule has 0 aliphatic heterocycles. The maximum Gasteiger partial charge on any atom is 0.336 e. The van der Waals surface area contributed by atoms with E-state index in [1.807, 2.05) is 60.7 Å². The first kappa shape index (κ1) is 58.9. The van der Waals surface area contributed by atoms with Crippen LogP contribution in [-0.4, -0.2) is 114 Å². The molecule has 26 nitrogen and oxygen atoms in total. The lowest BCUT2D eigenvalue weighted by Gasteiger charge is -2.08. The smallest absolute Gasteiger partial charge is 0.336 e. The number of hydrogen-bond acceptors (Lipinski definition) is 18. The number of carboxylic acids is 2. The molecule has 0 aliphatic carbocycles. The van der Waals surface area contributed by atoms with E-state index in [2.05, 4.69) is 71.2 Å². The van der Waals surface area contributed by atoms with E-state index in [0.29, 0.717) is 66.7 Å². The molecule has 0 atom stereocenters. The van der Waals surface area contributed by atoms with E-state index in [-0.39, 0.29) is 41.6 Å². The number of nitrogens with zero attached hydrogens (tertiary/aromatic N) is 8. The van der Waals surface area contributed by atoms with Crippen molar-refractivity contribution >= 4 is 55.6 Å². The number of carbonyl (C=O) groups is 2. The molecule has 8 heterocycles. The quantitative estimate of drug-likeness (QED) is 0.0676. The number of carboxylic acid groups (broad SMARTS) is 2. The Morgan fingerprint density at radius 1 is 0.360 bits per heavy atom. The monoisotopic (exact) mass is 1190 g/mol. The van der Waals surface area contributed by atoms with Crippen LogP contribution >= 0.6 is 0 Å². The number of rotatable bonds is 8. The summed E-state index contributed by atoms with van der Waals surface area (Å²) in [4.78, 5) is 87.1. The second kappa shape index (κ2) is 25.3. The molecule has 0 amide bonds. The summed E-state index contributed by atoms with van der Waals surface area (Å²) in [5.74, 6) is -2.40. The van der Waals surface area contributed by atoms with Gasteiger partial charge in [-0.25, -0.2) is 9.59 Å². The topological polar surface area (TPSA) is 422 Å². The van der Waals surface area contributed by atoms with Crippen LogP contribution in [-0.2, 0) is 0 Å². The number of hydrogen-bond donors (Lipinski definition) is 12. The third-order valence-electron chi connectivity index (χ3n) is 13.7. The zero-order valence-electron chi connectivity index (χ0n) is 45.0. The number of fused-ring (bicyclic) bond motifs is 4. The molecule has 12 N–H and O–H groups in total. The van der Waals surface area contributed by atoms with E-state index in [4.69, 9.17) is 0 Å². The lowest BCUT2D eigenvalue weighted by atomic mass is 9.98. The van der Waals surface area contributed by atoms with Crippen molar-refractivity contribution in [2.45, 2.75) is 7.43 Å². The van der Waals surface area contributed by atoms with Gasteiger partial charge in [0.15, 0.2) is 23.0 Å². The van der Waals surface area contributed by atoms with Crippen molar-refractivity contribution < 1.29 is 40.2 Å². The molecule has 0 bridgehead atoms. The average molecular weight is 1190 g/mol. The van der Waals surface area contributed by atoms with Crippen molar-refractivity contribution in [2.24, 2.45) is 0 Å². The van der Waals surface area contributed by atoms with Gasteiger partial charge in [-0.1, -0.05) is 98.4 Å². The van der Waals surface area contributed by atoms with Gasteiger partial charge in [-0.05, 0) is 111 Å². The van der Waals surface area contributed by atoms with Crippen LogP contribution in [0.1, 0.15) is 28.1 Å². The molecule has 6 aromatic carbocycles. The SMILES string of the molecule is C.O=C(O)c1ccccc1-c1ccc2cc(O)c(=O)[nH]c2c1.O=C(O)c1ccncc1-c1ccc2cc(O)c(=O)[nH]c2c1.O=c1[nH]c2cc(-c3ccccc3-c3nn[nH]n3)ccc2cc1O.O=c1[nH]c2cc(-c3cnccc3-c3nn[nH]n3)ccc2cc1O. The lowest BCUT2D eigenvalue weighted by molar-refractivity contribution is 0.0687. The van der Waals surface area contributed by atoms with Gasteiger partial charge in [0.05, 0.1) is 11.1 Å². The molecule has 8 aromatic heterocycles. The minimum Gasteiger partial charge on any atom is -0.503 e. The van der Waals surface area contributed by atoms with Crippen LogP contribution < -0.4 is 22.2 Å². The second-order valence-corrected chi connectivity index (χ2v) is 19.2. The summed E-state index contributed by atoms with van der Waals surface area (Å²) in [6, 6.07) is 44.5. The summed E-state index contributed by atoms with van der Waals surface area (Å²) >= 11 is 0. The van der Waals surface area contributed by atoms with Gasteiger partial charge in [0, 0.05) is 90.7 Å². The first-order valence-corrected chi connectivity index (χ1v) is 26.0. The normalized spacial score (nSPS) is 10.7. The van der Waals surface area contributed by atoms with Crippen molar-refractivity contribution in [3.05, 3.63) is 235 Å². The summed E-state index contributed by atoms with van der Waals surface area (Å²) in [5.41, 5.74) is 7.83. The van der Waals surface area contributed by atoms with Gasteiger partial charge in [-0.3, -0.25) is 29.1 Å². The van der Waals surface area contributed by atoms with Crippen LogP contribution in [0.5, 0.6) is 23.0 Å². The van der Waals surface area contributed by atoms with E-state index in [0.717, 1.165) is 44.2 Å². The number of aromatic amines is 6. The summed E-state index contributed by atoms with van der Waals surface area (Å²) in [6.45, 7) is 0. The zero-order valence-corrected chi connectivity index (χ0v) is 45.0. The Hall–Kier alpha value is -13.3. The summed E-state index contributed by atoms with van der Waals surface area (Å²) < 4.78 is 0. The first-order valence-electron chi connectivity index (χ1n) is 26.0.